The SMILES string of the molecule is FC(F)(F)Oc1ccc(Cc2ccccc2-c2nnn(Cc3ccccn3)n2)cc1. The maximum Gasteiger partial charge on any atom is 0.573 e. The van der Waals surface area contributed by atoms with E-state index in [1.165, 1.54) is 16.9 Å². The molecular formula is C21H16F3N5O. The van der Waals surface area contributed by atoms with Crippen molar-refractivity contribution in [3.63, 3.8) is 0 Å². The van der Waals surface area contributed by atoms with Crippen LogP contribution in [0.4, 0.5) is 13.2 Å². The second-order valence-corrected chi connectivity index (χ2v) is 6.49. The summed E-state index contributed by atoms with van der Waals surface area (Å²) >= 11 is 0. The zero-order valence-electron chi connectivity index (χ0n) is 15.6. The standard InChI is InChI=1S/C21H16F3N5O/c22-21(23,24)30-18-10-8-15(9-11-18)13-16-5-1-2-7-19(16)20-26-28-29(27-20)14-17-6-3-4-12-25-17/h1-12H,13-14H2. The smallest absolute Gasteiger partial charge is 0.406 e. The van der Waals surface area contributed by atoms with Crippen LogP contribution in [0.2, 0.25) is 0 Å². The van der Waals surface area contributed by atoms with E-state index in [1.54, 1.807) is 18.3 Å². The van der Waals surface area contributed by atoms with Crippen molar-refractivity contribution in [3.8, 4) is 17.1 Å². The molecule has 0 atom stereocenters. The Morgan fingerprint density at radius 1 is 0.900 bits per heavy atom. The summed E-state index contributed by atoms with van der Waals surface area (Å²) in [5.41, 5.74) is 3.38. The molecule has 2 heterocycles. The number of ether oxygens (including phenoxy) is 1. The lowest BCUT2D eigenvalue weighted by Crippen LogP contribution is -2.17. The Morgan fingerprint density at radius 2 is 1.67 bits per heavy atom. The van der Waals surface area contributed by atoms with Crippen LogP contribution in [-0.2, 0) is 13.0 Å². The fourth-order valence-electron chi connectivity index (χ4n) is 2.98. The van der Waals surface area contributed by atoms with Gasteiger partial charge < -0.3 is 4.74 Å². The minimum Gasteiger partial charge on any atom is -0.406 e. The summed E-state index contributed by atoms with van der Waals surface area (Å²) in [6, 6.07) is 19.0. The van der Waals surface area contributed by atoms with Gasteiger partial charge in [-0.3, -0.25) is 4.98 Å². The summed E-state index contributed by atoms with van der Waals surface area (Å²) in [6.45, 7) is 0.399. The van der Waals surface area contributed by atoms with Gasteiger partial charge >= 0.3 is 6.36 Å². The third-order valence-electron chi connectivity index (χ3n) is 4.29. The summed E-state index contributed by atoms with van der Waals surface area (Å²) in [7, 11) is 0. The first-order valence-corrected chi connectivity index (χ1v) is 9.07. The number of hydrogen-bond donors (Lipinski definition) is 0. The van der Waals surface area contributed by atoms with Gasteiger partial charge in [0.15, 0.2) is 0 Å². The van der Waals surface area contributed by atoms with E-state index < -0.39 is 6.36 Å². The molecule has 30 heavy (non-hydrogen) atoms. The van der Waals surface area contributed by atoms with Gasteiger partial charge in [-0.15, -0.1) is 23.4 Å². The predicted octanol–water partition coefficient (Wildman–Crippen LogP) is 4.27. The molecule has 0 spiro atoms. The van der Waals surface area contributed by atoms with Gasteiger partial charge in [0.25, 0.3) is 0 Å². The van der Waals surface area contributed by atoms with Crippen LogP contribution >= 0.6 is 0 Å². The van der Waals surface area contributed by atoms with Gasteiger partial charge in [-0.25, -0.2) is 0 Å². The molecule has 0 fully saturated rings. The van der Waals surface area contributed by atoms with E-state index in [2.05, 4.69) is 25.1 Å². The molecule has 0 bridgehead atoms. The van der Waals surface area contributed by atoms with Crippen LogP contribution in [-0.4, -0.2) is 31.6 Å². The maximum atomic E-state index is 12.3. The average molecular weight is 411 g/mol. The molecule has 0 saturated heterocycles. The Morgan fingerprint density at radius 3 is 2.40 bits per heavy atom. The third-order valence-corrected chi connectivity index (χ3v) is 4.29. The molecule has 2 aromatic carbocycles. The summed E-state index contributed by atoms with van der Waals surface area (Å²) in [6.07, 6.45) is -2.51. The van der Waals surface area contributed by atoms with E-state index in [0.717, 1.165) is 22.4 Å². The Hall–Kier alpha value is -3.75. The number of rotatable bonds is 6. The summed E-state index contributed by atoms with van der Waals surface area (Å²) in [5, 5.41) is 12.7. The normalized spacial score (nSPS) is 11.4. The highest BCUT2D eigenvalue weighted by atomic mass is 19.4. The molecule has 0 radical (unpaired) electrons. The molecule has 0 N–H and O–H groups in total. The van der Waals surface area contributed by atoms with Crippen LogP contribution in [0.5, 0.6) is 5.75 Å². The van der Waals surface area contributed by atoms with Crippen molar-refractivity contribution in [1.29, 1.82) is 0 Å². The van der Waals surface area contributed by atoms with Crippen LogP contribution in [0.15, 0.2) is 72.9 Å². The molecule has 6 nitrogen and oxygen atoms in total. The highest BCUT2D eigenvalue weighted by Gasteiger charge is 2.30. The number of aromatic nitrogens is 5. The first-order valence-electron chi connectivity index (χ1n) is 9.07. The predicted molar refractivity (Wildman–Crippen MR) is 103 cm³/mol. The van der Waals surface area contributed by atoms with Gasteiger partial charge in [0, 0.05) is 11.8 Å². The minimum absolute atomic E-state index is 0.251. The highest BCUT2D eigenvalue weighted by Crippen LogP contribution is 2.25. The number of benzene rings is 2. The van der Waals surface area contributed by atoms with Gasteiger partial charge in [-0.2, -0.15) is 4.80 Å². The van der Waals surface area contributed by atoms with Gasteiger partial charge in [0.2, 0.25) is 5.82 Å². The lowest BCUT2D eigenvalue weighted by Gasteiger charge is -2.10. The number of halogens is 3. The van der Waals surface area contributed by atoms with Gasteiger partial charge in [-0.05, 0) is 47.0 Å². The Labute approximate surface area is 170 Å². The van der Waals surface area contributed by atoms with Crippen molar-refractivity contribution in [1.82, 2.24) is 25.2 Å². The van der Waals surface area contributed by atoms with E-state index >= 15 is 0 Å². The summed E-state index contributed by atoms with van der Waals surface area (Å²) < 4.78 is 40.9. The van der Waals surface area contributed by atoms with E-state index in [4.69, 9.17) is 0 Å². The largest absolute Gasteiger partial charge is 0.573 e. The topological polar surface area (TPSA) is 65.7 Å². The van der Waals surface area contributed by atoms with Crippen LogP contribution < -0.4 is 4.74 Å². The first-order chi connectivity index (χ1) is 14.5. The van der Waals surface area contributed by atoms with Gasteiger partial charge in [0.05, 0.1) is 5.69 Å². The molecule has 152 valence electrons. The van der Waals surface area contributed by atoms with Crippen molar-refractivity contribution >= 4 is 0 Å². The maximum absolute atomic E-state index is 12.3. The van der Waals surface area contributed by atoms with Gasteiger partial charge in [-0.1, -0.05) is 42.5 Å². The molecule has 0 unspecified atom stereocenters. The molecule has 0 amide bonds. The minimum atomic E-state index is -4.71. The fraction of sp³-hybridized carbons (Fsp3) is 0.143. The molecule has 0 aliphatic rings. The second-order valence-electron chi connectivity index (χ2n) is 6.49. The lowest BCUT2D eigenvalue weighted by atomic mass is 9.99. The summed E-state index contributed by atoms with van der Waals surface area (Å²) in [5.74, 6) is 0.220. The van der Waals surface area contributed by atoms with Crippen molar-refractivity contribution in [3.05, 3.63) is 89.7 Å². The van der Waals surface area contributed by atoms with Crippen LogP contribution in [0.25, 0.3) is 11.4 Å². The molecule has 0 aliphatic carbocycles. The van der Waals surface area contributed by atoms with Crippen LogP contribution in [0.3, 0.4) is 0 Å². The Balaban J connectivity index is 1.52. The van der Waals surface area contributed by atoms with E-state index in [1.807, 2.05) is 42.5 Å². The molecule has 0 aliphatic heterocycles. The number of nitrogens with zero attached hydrogens (tertiary/aromatic N) is 5. The monoisotopic (exact) mass is 411 g/mol. The van der Waals surface area contributed by atoms with Gasteiger partial charge in [0.1, 0.15) is 12.3 Å². The summed E-state index contributed by atoms with van der Waals surface area (Å²) in [4.78, 5) is 5.72. The number of hydrogen-bond acceptors (Lipinski definition) is 5. The molecule has 9 heteroatoms. The molecular weight excluding hydrogens is 395 g/mol. The van der Waals surface area contributed by atoms with E-state index in [0.29, 0.717) is 18.8 Å². The van der Waals surface area contributed by atoms with Crippen molar-refractivity contribution < 1.29 is 17.9 Å². The van der Waals surface area contributed by atoms with Crippen LogP contribution in [0.1, 0.15) is 16.8 Å². The Kier molecular flexibility index (Phi) is 5.42. The second kappa shape index (κ2) is 8.32. The van der Waals surface area contributed by atoms with Crippen molar-refractivity contribution in [2.24, 2.45) is 0 Å². The lowest BCUT2D eigenvalue weighted by molar-refractivity contribution is -0.274. The number of pyridine rings is 1. The Bertz CT molecular complexity index is 1110. The van der Waals surface area contributed by atoms with Crippen molar-refractivity contribution in [2.45, 2.75) is 19.3 Å². The molecule has 2 aromatic heterocycles. The average Bonchev–Trinajstić information content (AvgIpc) is 3.18. The van der Waals surface area contributed by atoms with Crippen LogP contribution in [0, 0.1) is 0 Å². The number of tetrazole rings is 1. The zero-order valence-corrected chi connectivity index (χ0v) is 15.6. The van der Waals surface area contributed by atoms with E-state index in [-0.39, 0.29) is 5.75 Å². The quantitative estimate of drug-likeness (QED) is 0.474. The van der Waals surface area contributed by atoms with E-state index in [9.17, 15) is 13.2 Å². The van der Waals surface area contributed by atoms with Crippen molar-refractivity contribution in [2.75, 3.05) is 0 Å². The fourth-order valence-corrected chi connectivity index (χ4v) is 2.98. The molecule has 4 rings (SSSR count). The zero-order chi connectivity index (χ0) is 21.0. The molecule has 4 aromatic rings. The third kappa shape index (κ3) is 4.99. The highest BCUT2D eigenvalue weighted by molar-refractivity contribution is 5.60. The number of alkyl halides is 3. The molecule has 0 saturated carbocycles. The first kappa shape index (κ1) is 19.6.